The van der Waals surface area contributed by atoms with Crippen molar-refractivity contribution in [3.8, 4) is 22.4 Å². The first kappa shape index (κ1) is 25.9. The number of hydrogen-bond acceptors (Lipinski definition) is 3. The van der Waals surface area contributed by atoms with E-state index in [4.69, 9.17) is 0 Å². The summed E-state index contributed by atoms with van der Waals surface area (Å²) in [5.74, 6) is -0.415. The smallest absolute Gasteiger partial charge is 0.258 e. The molecule has 0 radical (unpaired) electrons. The number of carbonyl (C=O) groups is 1. The summed E-state index contributed by atoms with van der Waals surface area (Å²) in [5.41, 5.74) is 6.22. The normalized spacial score (nSPS) is 13.8. The van der Waals surface area contributed by atoms with E-state index in [1.807, 2.05) is 30.3 Å². The van der Waals surface area contributed by atoms with Gasteiger partial charge >= 0.3 is 0 Å². The minimum absolute atomic E-state index is 0.105. The molecule has 2 aromatic carbocycles. The molecule has 2 aromatic heterocycles. The molecule has 196 valence electrons. The van der Waals surface area contributed by atoms with Gasteiger partial charge in [-0.25, -0.2) is 4.39 Å². The van der Waals surface area contributed by atoms with Crippen LogP contribution in [0, 0.1) is 5.82 Å². The average molecular weight is 511 g/mol. The largest absolute Gasteiger partial charge is 0.343 e. The zero-order chi connectivity index (χ0) is 26.5. The molecule has 6 heteroatoms. The number of likely N-dealkylation sites (tertiary alicyclic amines) is 1. The van der Waals surface area contributed by atoms with Crippen LogP contribution in [-0.4, -0.2) is 40.0 Å². The zero-order valence-electron chi connectivity index (χ0n) is 22.2. The van der Waals surface area contributed by atoms with Crippen molar-refractivity contribution in [3.05, 3.63) is 96.2 Å². The number of nitrogens with zero attached hydrogens (tertiary/aromatic N) is 3. The van der Waals surface area contributed by atoms with Crippen LogP contribution in [0.3, 0.4) is 0 Å². The minimum atomic E-state index is -0.333. The second-order valence-corrected chi connectivity index (χ2v) is 10.3. The molecular weight excluding hydrogens is 475 g/mol. The van der Waals surface area contributed by atoms with Gasteiger partial charge in [-0.15, -0.1) is 0 Å². The molecule has 1 amide bonds. The maximum Gasteiger partial charge on any atom is 0.258 e. The molecule has 1 aliphatic heterocycles. The molecule has 1 N–H and O–H groups in total. The predicted molar refractivity (Wildman–Crippen MR) is 152 cm³/mol. The number of rotatable bonds is 9. The van der Waals surface area contributed by atoms with Crippen LogP contribution in [0.2, 0.25) is 0 Å². The standard InChI is InChI=1S/C32H35FN4O/c1-23(2)30-29(32(38)35-27-13-11-26(33)12-14-27)28(24-9-4-3-5-10-24)31(25-15-17-34-18-16-25)37(30)22-8-21-36-19-6-7-20-36/h3-5,9-18,23H,6-8,19-22H2,1-2H3,(H,35,38). The number of anilines is 1. The lowest BCUT2D eigenvalue weighted by atomic mass is 9.94. The van der Waals surface area contributed by atoms with E-state index in [0.717, 1.165) is 47.6 Å². The monoisotopic (exact) mass is 510 g/mol. The highest BCUT2D eigenvalue weighted by atomic mass is 19.1. The van der Waals surface area contributed by atoms with Crippen LogP contribution in [0.1, 0.15) is 55.1 Å². The van der Waals surface area contributed by atoms with Crippen LogP contribution in [-0.2, 0) is 6.54 Å². The zero-order valence-corrected chi connectivity index (χ0v) is 22.2. The van der Waals surface area contributed by atoms with Crippen LogP contribution in [0.4, 0.5) is 10.1 Å². The van der Waals surface area contributed by atoms with E-state index in [0.29, 0.717) is 11.3 Å². The third-order valence-corrected chi connectivity index (χ3v) is 7.25. The summed E-state index contributed by atoms with van der Waals surface area (Å²) in [6, 6.07) is 20.1. The topological polar surface area (TPSA) is 50.2 Å². The van der Waals surface area contributed by atoms with E-state index in [2.05, 4.69) is 45.7 Å². The van der Waals surface area contributed by atoms with Crippen molar-refractivity contribution in [2.75, 3.05) is 25.0 Å². The Morgan fingerprint density at radius 2 is 1.61 bits per heavy atom. The van der Waals surface area contributed by atoms with Gasteiger partial charge in [-0.2, -0.15) is 0 Å². The Labute approximate surface area is 224 Å². The van der Waals surface area contributed by atoms with Gasteiger partial charge < -0.3 is 14.8 Å². The number of benzene rings is 2. The van der Waals surface area contributed by atoms with Gasteiger partial charge in [0, 0.05) is 41.4 Å². The van der Waals surface area contributed by atoms with Gasteiger partial charge in [0.15, 0.2) is 0 Å². The Morgan fingerprint density at radius 3 is 2.26 bits per heavy atom. The quantitative estimate of drug-likeness (QED) is 0.259. The van der Waals surface area contributed by atoms with E-state index >= 15 is 0 Å². The Kier molecular flexibility index (Phi) is 7.99. The lowest BCUT2D eigenvalue weighted by molar-refractivity contribution is 0.102. The Morgan fingerprint density at radius 1 is 0.921 bits per heavy atom. The van der Waals surface area contributed by atoms with E-state index in [-0.39, 0.29) is 17.6 Å². The number of carbonyl (C=O) groups excluding carboxylic acids is 1. The van der Waals surface area contributed by atoms with Gasteiger partial charge in [0.1, 0.15) is 5.82 Å². The van der Waals surface area contributed by atoms with Gasteiger partial charge in [0.25, 0.3) is 5.91 Å². The molecular formula is C32H35FN4O. The number of halogens is 1. The molecule has 0 bridgehead atoms. The second kappa shape index (κ2) is 11.7. The molecule has 5 rings (SSSR count). The van der Waals surface area contributed by atoms with E-state index in [1.54, 1.807) is 24.5 Å². The van der Waals surface area contributed by atoms with Crippen molar-refractivity contribution in [1.82, 2.24) is 14.5 Å². The highest BCUT2D eigenvalue weighted by Crippen LogP contribution is 2.42. The van der Waals surface area contributed by atoms with Crippen LogP contribution >= 0.6 is 0 Å². The summed E-state index contributed by atoms with van der Waals surface area (Å²) in [4.78, 5) is 20.8. The van der Waals surface area contributed by atoms with Gasteiger partial charge in [-0.3, -0.25) is 9.78 Å². The maximum atomic E-state index is 14.1. The van der Waals surface area contributed by atoms with Crippen molar-refractivity contribution in [2.45, 2.75) is 45.6 Å². The van der Waals surface area contributed by atoms with Crippen molar-refractivity contribution in [2.24, 2.45) is 0 Å². The molecule has 0 aliphatic carbocycles. The SMILES string of the molecule is CC(C)c1c(C(=O)Nc2ccc(F)cc2)c(-c2ccccc2)c(-c2ccncc2)n1CCCN1CCCC1. The van der Waals surface area contributed by atoms with Gasteiger partial charge in [-0.05, 0) is 86.8 Å². The summed E-state index contributed by atoms with van der Waals surface area (Å²) in [5, 5.41) is 3.04. The Hall–Kier alpha value is -3.77. The number of amides is 1. The van der Waals surface area contributed by atoms with Crippen LogP contribution < -0.4 is 5.32 Å². The number of nitrogens with one attached hydrogen (secondary N) is 1. The highest BCUT2D eigenvalue weighted by Gasteiger charge is 2.30. The molecule has 4 aromatic rings. The first-order valence-electron chi connectivity index (χ1n) is 13.5. The van der Waals surface area contributed by atoms with E-state index in [9.17, 15) is 9.18 Å². The lowest BCUT2D eigenvalue weighted by Crippen LogP contribution is -2.22. The Bertz CT molecular complexity index is 1360. The molecule has 0 unspecified atom stereocenters. The maximum absolute atomic E-state index is 14.1. The van der Waals surface area contributed by atoms with Crippen LogP contribution in [0.5, 0.6) is 0 Å². The summed E-state index contributed by atoms with van der Waals surface area (Å²) >= 11 is 0. The molecule has 0 saturated carbocycles. The molecule has 3 heterocycles. The third kappa shape index (κ3) is 5.55. The molecule has 0 atom stereocenters. The predicted octanol–water partition coefficient (Wildman–Crippen LogP) is 7.22. The number of hydrogen-bond donors (Lipinski definition) is 1. The van der Waals surface area contributed by atoms with Crippen LogP contribution in [0.25, 0.3) is 22.4 Å². The molecule has 1 fully saturated rings. The second-order valence-electron chi connectivity index (χ2n) is 10.3. The summed E-state index contributed by atoms with van der Waals surface area (Å²) < 4.78 is 15.9. The fraction of sp³-hybridized carbons (Fsp3) is 0.312. The summed E-state index contributed by atoms with van der Waals surface area (Å²) in [6.45, 7) is 8.48. The van der Waals surface area contributed by atoms with Crippen molar-refractivity contribution < 1.29 is 9.18 Å². The molecule has 0 spiro atoms. The van der Waals surface area contributed by atoms with Crippen molar-refractivity contribution >= 4 is 11.6 Å². The highest BCUT2D eigenvalue weighted by molar-refractivity contribution is 6.12. The summed E-state index contributed by atoms with van der Waals surface area (Å²) in [6.07, 6.45) is 7.15. The average Bonchev–Trinajstić information content (AvgIpc) is 3.57. The Balaban J connectivity index is 1.67. The number of aromatic nitrogens is 2. The molecule has 1 aliphatic rings. The van der Waals surface area contributed by atoms with Gasteiger partial charge in [-0.1, -0.05) is 44.2 Å². The molecule has 38 heavy (non-hydrogen) atoms. The van der Waals surface area contributed by atoms with Crippen molar-refractivity contribution in [1.29, 1.82) is 0 Å². The molecule has 5 nitrogen and oxygen atoms in total. The van der Waals surface area contributed by atoms with Gasteiger partial charge in [0.05, 0.1) is 11.3 Å². The van der Waals surface area contributed by atoms with Crippen LogP contribution in [0.15, 0.2) is 79.1 Å². The number of pyridine rings is 1. The third-order valence-electron chi connectivity index (χ3n) is 7.25. The fourth-order valence-corrected chi connectivity index (χ4v) is 5.58. The van der Waals surface area contributed by atoms with Gasteiger partial charge in [0.2, 0.25) is 0 Å². The van der Waals surface area contributed by atoms with E-state index in [1.165, 1.54) is 38.1 Å². The lowest BCUT2D eigenvalue weighted by Gasteiger charge is -2.19. The molecule has 1 saturated heterocycles. The minimum Gasteiger partial charge on any atom is -0.343 e. The van der Waals surface area contributed by atoms with Crippen molar-refractivity contribution in [3.63, 3.8) is 0 Å². The van der Waals surface area contributed by atoms with E-state index < -0.39 is 0 Å². The first-order valence-corrected chi connectivity index (χ1v) is 13.5. The fourth-order valence-electron chi connectivity index (χ4n) is 5.58. The summed E-state index contributed by atoms with van der Waals surface area (Å²) in [7, 11) is 0. The first-order chi connectivity index (χ1) is 18.5.